The van der Waals surface area contributed by atoms with E-state index in [1.165, 1.54) is 23.9 Å². The third-order valence-electron chi connectivity index (χ3n) is 3.76. The van der Waals surface area contributed by atoms with Gasteiger partial charge < -0.3 is 10.1 Å². The number of rotatable bonds is 7. The molecular formula is C20H18FN3O2S. The minimum atomic E-state index is -0.293. The number of nitrogens with zero attached hydrogens (tertiary/aromatic N) is 2. The fourth-order valence-corrected chi connectivity index (χ4v) is 2.99. The lowest BCUT2D eigenvalue weighted by Gasteiger charge is -2.07. The number of carbonyl (C=O) groups is 1. The molecule has 2 aromatic carbocycles. The zero-order valence-electron chi connectivity index (χ0n) is 14.7. The van der Waals surface area contributed by atoms with E-state index in [4.69, 9.17) is 4.74 Å². The van der Waals surface area contributed by atoms with Gasteiger partial charge in [0.05, 0.1) is 18.6 Å². The Morgan fingerprint density at radius 1 is 1.11 bits per heavy atom. The van der Waals surface area contributed by atoms with Gasteiger partial charge in [-0.05, 0) is 54.1 Å². The highest BCUT2D eigenvalue weighted by atomic mass is 32.2. The molecule has 0 radical (unpaired) electrons. The van der Waals surface area contributed by atoms with Crippen LogP contribution in [0.25, 0.3) is 11.3 Å². The number of benzene rings is 2. The van der Waals surface area contributed by atoms with Gasteiger partial charge in [0.15, 0.2) is 0 Å². The second-order valence-electron chi connectivity index (χ2n) is 5.68. The molecule has 138 valence electrons. The van der Waals surface area contributed by atoms with Crippen LogP contribution in [0, 0.1) is 5.82 Å². The number of nitrogens with one attached hydrogen (secondary N) is 1. The largest absolute Gasteiger partial charge is 0.497 e. The van der Waals surface area contributed by atoms with Crippen molar-refractivity contribution in [3.63, 3.8) is 0 Å². The first kappa shape index (κ1) is 18.8. The summed E-state index contributed by atoms with van der Waals surface area (Å²) in [7, 11) is 1.61. The van der Waals surface area contributed by atoms with Crippen LogP contribution >= 0.6 is 11.8 Å². The molecule has 0 aliphatic heterocycles. The quantitative estimate of drug-likeness (QED) is 0.630. The molecule has 1 heterocycles. The summed E-state index contributed by atoms with van der Waals surface area (Å²) in [5.41, 5.74) is 2.41. The Kier molecular flexibility index (Phi) is 6.38. The average molecular weight is 383 g/mol. The van der Waals surface area contributed by atoms with E-state index in [9.17, 15) is 9.18 Å². The second-order valence-corrected chi connectivity index (χ2v) is 6.68. The fraction of sp³-hybridized carbons (Fsp3) is 0.150. The van der Waals surface area contributed by atoms with Crippen molar-refractivity contribution in [1.29, 1.82) is 0 Å². The first-order chi connectivity index (χ1) is 13.1. The SMILES string of the molecule is COc1cccc(CNC(=O)CSc2ccc(-c3ccc(F)cc3)nn2)c1. The number of halogens is 1. The molecule has 1 N–H and O–H groups in total. The molecule has 3 rings (SSSR count). The number of methoxy groups -OCH3 is 1. The van der Waals surface area contributed by atoms with E-state index in [-0.39, 0.29) is 17.5 Å². The third-order valence-corrected chi connectivity index (χ3v) is 4.68. The maximum atomic E-state index is 13.0. The van der Waals surface area contributed by atoms with Gasteiger partial charge in [0.1, 0.15) is 16.6 Å². The first-order valence-electron chi connectivity index (χ1n) is 8.26. The molecule has 5 nitrogen and oxygen atoms in total. The Labute approximate surface area is 161 Å². The Balaban J connectivity index is 1.49. The fourth-order valence-electron chi connectivity index (χ4n) is 2.35. The smallest absolute Gasteiger partial charge is 0.230 e. The van der Waals surface area contributed by atoms with Crippen LogP contribution in [-0.2, 0) is 11.3 Å². The van der Waals surface area contributed by atoms with Gasteiger partial charge in [-0.1, -0.05) is 23.9 Å². The van der Waals surface area contributed by atoms with E-state index in [0.29, 0.717) is 17.3 Å². The lowest BCUT2D eigenvalue weighted by molar-refractivity contribution is -0.118. The van der Waals surface area contributed by atoms with Crippen molar-refractivity contribution in [2.75, 3.05) is 12.9 Å². The lowest BCUT2D eigenvalue weighted by atomic mass is 10.1. The number of thioether (sulfide) groups is 1. The molecule has 0 saturated carbocycles. The lowest BCUT2D eigenvalue weighted by Crippen LogP contribution is -2.24. The maximum Gasteiger partial charge on any atom is 0.230 e. The molecule has 1 aromatic heterocycles. The zero-order chi connectivity index (χ0) is 19.1. The summed E-state index contributed by atoms with van der Waals surface area (Å²) in [6.45, 7) is 0.436. The summed E-state index contributed by atoms with van der Waals surface area (Å²) >= 11 is 1.31. The molecular weight excluding hydrogens is 365 g/mol. The topological polar surface area (TPSA) is 64.1 Å². The molecule has 0 saturated heterocycles. The van der Waals surface area contributed by atoms with Crippen molar-refractivity contribution >= 4 is 17.7 Å². The predicted molar refractivity (Wildman–Crippen MR) is 103 cm³/mol. The van der Waals surface area contributed by atoms with E-state index in [2.05, 4.69) is 15.5 Å². The number of hydrogen-bond acceptors (Lipinski definition) is 5. The minimum Gasteiger partial charge on any atom is -0.497 e. The Hall–Kier alpha value is -2.93. The molecule has 0 aliphatic carbocycles. The molecule has 1 amide bonds. The summed E-state index contributed by atoms with van der Waals surface area (Å²) in [4.78, 5) is 12.0. The summed E-state index contributed by atoms with van der Waals surface area (Å²) < 4.78 is 18.1. The van der Waals surface area contributed by atoms with Crippen molar-refractivity contribution in [1.82, 2.24) is 15.5 Å². The van der Waals surface area contributed by atoms with Crippen molar-refractivity contribution in [2.24, 2.45) is 0 Å². The van der Waals surface area contributed by atoms with Crippen molar-refractivity contribution < 1.29 is 13.9 Å². The highest BCUT2D eigenvalue weighted by molar-refractivity contribution is 7.99. The highest BCUT2D eigenvalue weighted by Gasteiger charge is 2.06. The van der Waals surface area contributed by atoms with E-state index in [1.54, 1.807) is 31.4 Å². The van der Waals surface area contributed by atoms with E-state index >= 15 is 0 Å². The number of carbonyl (C=O) groups excluding carboxylic acids is 1. The van der Waals surface area contributed by atoms with Crippen molar-refractivity contribution in [3.05, 3.63) is 72.0 Å². The Morgan fingerprint density at radius 3 is 2.63 bits per heavy atom. The van der Waals surface area contributed by atoms with Crippen LogP contribution in [0.15, 0.2) is 65.7 Å². The molecule has 7 heteroatoms. The van der Waals surface area contributed by atoms with Gasteiger partial charge in [-0.3, -0.25) is 4.79 Å². The van der Waals surface area contributed by atoms with Crippen molar-refractivity contribution in [3.8, 4) is 17.0 Å². The van der Waals surface area contributed by atoms with E-state index in [1.807, 2.05) is 24.3 Å². The third kappa shape index (κ3) is 5.52. The van der Waals surface area contributed by atoms with Gasteiger partial charge in [0.25, 0.3) is 0 Å². The standard InChI is InChI=1S/C20H18FN3O2S/c1-26-17-4-2-3-14(11-17)12-22-19(25)13-27-20-10-9-18(23-24-20)15-5-7-16(21)8-6-15/h2-11H,12-13H2,1H3,(H,22,25). The van der Waals surface area contributed by atoms with Gasteiger partial charge in [-0.15, -0.1) is 10.2 Å². The molecule has 0 atom stereocenters. The Morgan fingerprint density at radius 2 is 1.93 bits per heavy atom. The van der Waals surface area contributed by atoms with Crippen LogP contribution in [0.3, 0.4) is 0 Å². The van der Waals surface area contributed by atoms with E-state index < -0.39 is 0 Å². The average Bonchev–Trinajstić information content (AvgIpc) is 2.72. The van der Waals surface area contributed by atoms with Crippen molar-refractivity contribution in [2.45, 2.75) is 11.6 Å². The summed E-state index contributed by atoms with van der Waals surface area (Å²) in [6, 6.07) is 17.2. The summed E-state index contributed by atoms with van der Waals surface area (Å²) in [5.74, 6) is 0.618. The molecule has 0 fully saturated rings. The highest BCUT2D eigenvalue weighted by Crippen LogP contribution is 2.20. The summed E-state index contributed by atoms with van der Waals surface area (Å²) in [6.07, 6.45) is 0. The molecule has 3 aromatic rings. The number of amides is 1. The van der Waals surface area contributed by atoms with Crippen LogP contribution in [0.4, 0.5) is 4.39 Å². The van der Waals surface area contributed by atoms with Crippen LogP contribution in [0.1, 0.15) is 5.56 Å². The summed E-state index contributed by atoms with van der Waals surface area (Å²) in [5, 5.41) is 11.8. The molecule has 0 aliphatic rings. The predicted octanol–water partition coefficient (Wildman–Crippen LogP) is 3.70. The van der Waals surface area contributed by atoms with Crippen LogP contribution in [0.2, 0.25) is 0 Å². The number of aromatic nitrogens is 2. The normalized spacial score (nSPS) is 10.4. The molecule has 27 heavy (non-hydrogen) atoms. The van der Waals surface area contributed by atoms with Crippen LogP contribution in [-0.4, -0.2) is 29.0 Å². The van der Waals surface area contributed by atoms with Gasteiger partial charge in [0.2, 0.25) is 5.91 Å². The molecule has 0 bridgehead atoms. The Bertz CT molecular complexity index is 902. The first-order valence-corrected chi connectivity index (χ1v) is 9.25. The second kappa shape index (κ2) is 9.14. The molecule has 0 unspecified atom stereocenters. The van der Waals surface area contributed by atoms with Crippen LogP contribution in [0.5, 0.6) is 5.75 Å². The molecule has 0 spiro atoms. The van der Waals surface area contributed by atoms with E-state index in [0.717, 1.165) is 16.9 Å². The minimum absolute atomic E-state index is 0.0905. The van der Waals surface area contributed by atoms with Gasteiger partial charge in [0, 0.05) is 12.1 Å². The zero-order valence-corrected chi connectivity index (χ0v) is 15.5. The van der Waals surface area contributed by atoms with Gasteiger partial charge >= 0.3 is 0 Å². The van der Waals surface area contributed by atoms with Crippen LogP contribution < -0.4 is 10.1 Å². The number of hydrogen-bond donors (Lipinski definition) is 1. The van der Waals surface area contributed by atoms with Gasteiger partial charge in [-0.2, -0.15) is 0 Å². The monoisotopic (exact) mass is 383 g/mol. The van der Waals surface area contributed by atoms with Gasteiger partial charge in [-0.25, -0.2) is 4.39 Å². The number of ether oxygens (including phenoxy) is 1. The maximum absolute atomic E-state index is 13.0.